The van der Waals surface area contributed by atoms with E-state index >= 15 is 0 Å². The zero-order valence-corrected chi connectivity index (χ0v) is 19.2. The summed E-state index contributed by atoms with van der Waals surface area (Å²) in [4.78, 5) is 33.0. The summed E-state index contributed by atoms with van der Waals surface area (Å²) in [7, 11) is -3.80. The molecule has 0 fully saturated rings. The Kier molecular flexibility index (Phi) is 6.19. The molecule has 0 saturated heterocycles. The van der Waals surface area contributed by atoms with Gasteiger partial charge in [-0.15, -0.1) is 0 Å². The van der Waals surface area contributed by atoms with Crippen LogP contribution < -0.4 is 16.0 Å². The SMILES string of the molecule is CCCn1c(=O)c2[nH]c(-c3ccc(S(=O)(=O)Nc4ccccn4)cc3)cc2n(CCC)c1=O. The van der Waals surface area contributed by atoms with E-state index in [-0.39, 0.29) is 22.0 Å². The van der Waals surface area contributed by atoms with Crippen LogP contribution in [0.2, 0.25) is 0 Å². The lowest BCUT2D eigenvalue weighted by Gasteiger charge is -2.10. The second-order valence-electron chi connectivity index (χ2n) is 7.68. The van der Waals surface area contributed by atoms with Gasteiger partial charge in [0.25, 0.3) is 15.6 Å². The lowest BCUT2D eigenvalue weighted by atomic mass is 10.1. The molecule has 1 aromatic carbocycles. The first kappa shape index (κ1) is 22.5. The van der Waals surface area contributed by atoms with Crippen molar-refractivity contribution in [2.75, 3.05) is 4.72 Å². The summed E-state index contributed by atoms with van der Waals surface area (Å²) in [5.41, 5.74) is 1.56. The zero-order chi connectivity index (χ0) is 23.6. The molecule has 0 atom stereocenters. The molecule has 0 bridgehead atoms. The minimum Gasteiger partial charge on any atom is -0.349 e. The molecule has 2 N–H and O–H groups in total. The van der Waals surface area contributed by atoms with Crippen LogP contribution in [0.5, 0.6) is 0 Å². The van der Waals surface area contributed by atoms with Crippen molar-refractivity contribution in [3.05, 3.63) is 75.6 Å². The number of hydrogen-bond donors (Lipinski definition) is 2. The van der Waals surface area contributed by atoms with Crippen LogP contribution >= 0.6 is 0 Å². The number of H-pyrrole nitrogens is 1. The summed E-state index contributed by atoms with van der Waals surface area (Å²) in [5.74, 6) is 0.231. The lowest BCUT2D eigenvalue weighted by molar-refractivity contribution is 0.558. The predicted molar refractivity (Wildman–Crippen MR) is 128 cm³/mol. The van der Waals surface area contributed by atoms with Crippen molar-refractivity contribution in [3.63, 3.8) is 0 Å². The summed E-state index contributed by atoms with van der Waals surface area (Å²) in [6.07, 6.45) is 2.92. The number of nitrogens with zero attached hydrogens (tertiary/aromatic N) is 3. The number of sulfonamides is 1. The van der Waals surface area contributed by atoms with Crippen LogP contribution in [0.3, 0.4) is 0 Å². The van der Waals surface area contributed by atoms with Gasteiger partial charge >= 0.3 is 5.69 Å². The minimum atomic E-state index is -3.80. The number of rotatable bonds is 8. The number of aromatic nitrogens is 4. The van der Waals surface area contributed by atoms with Crippen LogP contribution in [-0.4, -0.2) is 27.5 Å². The van der Waals surface area contributed by atoms with Crippen LogP contribution in [0.4, 0.5) is 5.82 Å². The minimum absolute atomic E-state index is 0.0845. The van der Waals surface area contributed by atoms with E-state index in [1.54, 1.807) is 41.0 Å². The topological polar surface area (TPSA) is 119 Å². The molecule has 0 amide bonds. The summed E-state index contributed by atoms with van der Waals surface area (Å²) in [5, 5.41) is 0. The van der Waals surface area contributed by atoms with Gasteiger partial charge in [0.2, 0.25) is 0 Å². The van der Waals surface area contributed by atoms with E-state index in [9.17, 15) is 18.0 Å². The van der Waals surface area contributed by atoms with Crippen molar-refractivity contribution in [3.8, 4) is 11.3 Å². The molecule has 0 aliphatic carbocycles. The molecule has 0 aliphatic heterocycles. The first-order valence-electron chi connectivity index (χ1n) is 10.8. The highest BCUT2D eigenvalue weighted by Crippen LogP contribution is 2.24. The lowest BCUT2D eigenvalue weighted by Crippen LogP contribution is -2.39. The highest BCUT2D eigenvalue weighted by atomic mass is 32.2. The fourth-order valence-corrected chi connectivity index (χ4v) is 4.75. The number of nitrogens with one attached hydrogen (secondary N) is 2. The molecule has 0 radical (unpaired) electrons. The third-order valence-electron chi connectivity index (χ3n) is 5.28. The molecule has 172 valence electrons. The predicted octanol–water partition coefficient (Wildman–Crippen LogP) is 3.17. The van der Waals surface area contributed by atoms with Crippen LogP contribution in [0.1, 0.15) is 26.7 Å². The third-order valence-corrected chi connectivity index (χ3v) is 6.65. The van der Waals surface area contributed by atoms with Gasteiger partial charge in [-0.25, -0.2) is 18.2 Å². The molecule has 10 heteroatoms. The van der Waals surface area contributed by atoms with E-state index in [2.05, 4.69) is 14.7 Å². The van der Waals surface area contributed by atoms with E-state index in [1.165, 1.54) is 22.9 Å². The second kappa shape index (κ2) is 9.07. The maximum atomic E-state index is 12.9. The van der Waals surface area contributed by atoms with Crippen LogP contribution in [0, 0.1) is 0 Å². The summed E-state index contributed by atoms with van der Waals surface area (Å²) >= 11 is 0. The van der Waals surface area contributed by atoms with Gasteiger partial charge in [0.05, 0.1) is 10.4 Å². The highest BCUT2D eigenvalue weighted by Gasteiger charge is 2.18. The van der Waals surface area contributed by atoms with Crippen molar-refractivity contribution in [2.45, 2.75) is 44.7 Å². The molecule has 0 unspecified atom stereocenters. The number of hydrogen-bond acceptors (Lipinski definition) is 5. The van der Waals surface area contributed by atoms with E-state index in [0.717, 1.165) is 6.42 Å². The van der Waals surface area contributed by atoms with Crippen LogP contribution in [0.15, 0.2) is 69.2 Å². The Morgan fingerprint density at radius 1 is 0.970 bits per heavy atom. The van der Waals surface area contributed by atoms with Gasteiger partial charge in [0, 0.05) is 25.0 Å². The summed E-state index contributed by atoms with van der Waals surface area (Å²) < 4.78 is 30.6. The molecular weight excluding hydrogens is 442 g/mol. The number of aryl methyl sites for hydroxylation is 1. The van der Waals surface area contributed by atoms with Gasteiger partial charge in [-0.2, -0.15) is 0 Å². The number of aromatic amines is 1. The molecule has 4 aromatic rings. The molecule has 0 aliphatic rings. The maximum absolute atomic E-state index is 12.9. The average molecular weight is 468 g/mol. The standard InChI is InChI=1S/C23H25N5O4S/c1-3-13-27-19-15-18(25-21(19)22(29)28(14-4-2)23(27)30)16-8-10-17(11-9-16)33(31,32)26-20-7-5-6-12-24-20/h5-12,15,25H,3-4,13-14H2,1-2H3,(H,24,26). The molecule has 4 rings (SSSR count). The quantitative estimate of drug-likeness (QED) is 0.413. The van der Waals surface area contributed by atoms with E-state index in [0.29, 0.717) is 41.8 Å². The maximum Gasteiger partial charge on any atom is 0.331 e. The zero-order valence-electron chi connectivity index (χ0n) is 18.4. The van der Waals surface area contributed by atoms with Crippen molar-refractivity contribution < 1.29 is 8.42 Å². The van der Waals surface area contributed by atoms with Gasteiger partial charge < -0.3 is 4.98 Å². The number of benzene rings is 1. The van der Waals surface area contributed by atoms with Crippen LogP contribution in [-0.2, 0) is 23.1 Å². The molecule has 0 saturated carbocycles. The van der Waals surface area contributed by atoms with Crippen molar-refractivity contribution in [1.82, 2.24) is 19.1 Å². The Morgan fingerprint density at radius 2 is 1.67 bits per heavy atom. The van der Waals surface area contributed by atoms with E-state index in [4.69, 9.17) is 0 Å². The molecule has 33 heavy (non-hydrogen) atoms. The number of fused-ring (bicyclic) bond motifs is 1. The van der Waals surface area contributed by atoms with E-state index in [1.807, 2.05) is 13.8 Å². The molecule has 9 nitrogen and oxygen atoms in total. The smallest absolute Gasteiger partial charge is 0.331 e. The second-order valence-corrected chi connectivity index (χ2v) is 9.36. The Morgan fingerprint density at radius 3 is 2.30 bits per heavy atom. The van der Waals surface area contributed by atoms with Gasteiger partial charge in [-0.05, 0) is 48.7 Å². The molecular formula is C23H25N5O4S. The van der Waals surface area contributed by atoms with Crippen LogP contribution in [0.25, 0.3) is 22.3 Å². The van der Waals surface area contributed by atoms with Gasteiger partial charge in [-0.1, -0.05) is 32.0 Å². The van der Waals surface area contributed by atoms with Gasteiger partial charge in [0.15, 0.2) is 0 Å². The summed E-state index contributed by atoms with van der Waals surface area (Å²) in [6, 6.07) is 13.0. The monoisotopic (exact) mass is 467 g/mol. The van der Waals surface area contributed by atoms with Crippen molar-refractivity contribution >= 4 is 26.9 Å². The Hall–Kier alpha value is -3.66. The first-order valence-corrected chi connectivity index (χ1v) is 12.2. The fourth-order valence-electron chi connectivity index (χ4n) is 3.74. The Labute approximate surface area is 190 Å². The largest absolute Gasteiger partial charge is 0.349 e. The van der Waals surface area contributed by atoms with E-state index < -0.39 is 10.0 Å². The van der Waals surface area contributed by atoms with Gasteiger partial charge in [0.1, 0.15) is 11.3 Å². The molecule has 0 spiro atoms. The highest BCUT2D eigenvalue weighted by molar-refractivity contribution is 7.92. The molecule has 3 heterocycles. The first-order chi connectivity index (χ1) is 15.9. The Bertz CT molecular complexity index is 1500. The number of anilines is 1. The van der Waals surface area contributed by atoms with Crippen molar-refractivity contribution in [1.29, 1.82) is 0 Å². The Balaban J connectivity index is 1.74. The molecule has 3 aromatic heterocycles. The average Bonchev–Trinajstić information content (AvgIpc) is 3.26. The van der Waals surface area contributed by atoms with Crippen molar-refractivity contribution in [2.24, 2.45) is 0 Å². The summed E-state index contributed by atoms with van der Waals surface area (Å²) in [6.45, 7) is 4.73. The fraction of sp³-hybridized carbons (Fsp3) is 0.261. The van der Waals surface area contributed by atoms with Gasteiger partial charge in [-0.3, -0.25) is 18.7 Å². The number of pyridine rings is 1. The third kappa shape index (κ3) is 4.34. The normalized spacial score (nSPS) is 11.7.